The molecule has 0 radical (unpaired) electrons. The van der Waals surface area contributed by atoms with Gasteiger partial charge in [0, 0.05) is 31.2 Å². The number of hydrogen-bond acceptors (Lipinski definition) is 4. The first-order valence-electron chi connectivity index (χ1n) is 10.6. The van der Waals surface area contributed by atoms with Gasteiger partial charge < -0.3 is 19.6 Å². The summed E-state index contributed by atoms with van der Waals surface area (Å²) in [5.74, 6) is 1.54. The van der Waals surface area contributed by atoms with Crippen LogP contribution in [0, 0.1) is 5.92 Å². The van der Waals surface area contributed by atoms with Gasteiger partial charge in [-0.15, -0.1) is 0 Å². The molecule has 1 saturated heterocycles. The van der Waals surface area contributed by atoms with Crippen LogP contribution in [0.25, 0.3) is 0 Å². The van der Waals surface area contributed by atoms with Gasteiger partial charge in [0.05, 0.1) is 6.61 Å². The van der Waals surface area contributed by atoms with Crippen LogP contribution in [-0.4, -0.2) is 61.3 Å². The Morgan fingerprint density at radius 2 is 1.83 bits per heavy atom. The summed E-state index contributed by atoms with van der Waals surface area (Å²) in [5.41, 5.74) is 2.65. The fourth-order valence-electron chi connectivity index (χ4n) is 4.11. The number of hydrogen-bond donors (Lipinski definition) is 1. The summed E-state index contributed by atoms with van der Waals surface area (Å²) in [4.78, 5) is 5.04. The summed E-state index contributed by atoms with van der Waals surface area (Å²) in [6.45, 7) is 5.98. The Balaban J connectivity index is 1.41. The number of benzene rings is 2. The van der Waals surface area contributed by atoms with E-state index in [4.69, 9.17) is 21.4 Å². The van der Waals surface area contributed by atoms with E-state index in [0.717, 1.165) is 42.7 Å². The lowest BCUT2D eigenvalue weighted by Crippen LogP contribution is -2.40. The number of aliphatic hydroxyl groups excluding tert-OH is 1. The van der Waals surface area contributed by atoms with E-state index in [1.54, 1.807) is 0 Å². The maximum Gasteiger partial charge on any atom is 0.119 e. The van der Waals surface area contributed by atoms with Gasteiger partial charge in [-0.2, -0.15) is 0 Å². The predicted molar refractivity (Wildman–Crippen MR) is 120 cm³/mol. The van der Waals surface area contributed by atoms with Crippen molar-refractivity contribution in [3.63, 3.8) is 0 Å². The lowest BCUT2D eigenvalue weighted by Gasteiger charge is -2.34. The van der Waals surface area contributed by atoms with Crippen molar-refractivity contribution in [3.05, 3.63) is 64.7 Å². The Morgan fingerprint density at radius 3 is 2.55 bits per heavy atom. The topological polar surface area (TPSA) is 35.9 Å². The van der Waals surface area contributed by atoms with Gasteiger partial charge in [-0.3, -0.25) is 0 Å². The van der Waals surface area contributed by atoms with Crippen molar-refractivity contribution in [2.24, 2.45) is 5.92 Å². The first-order chi connectivity index (χ1) is 14.1. The van der Waals surface area contributed by atoms with Crippen molar-refractivity contribution in [1.82, 2.24) is 9.80 Å². The summed E-state index contributed by atoms with van der Waals surface area (Å²) >= 11 is 5.98. The van der Waals surface area contributed by atoms with Crippen molar-refractivity contribution in [2.45, 2.75) is 25.8 Å². The summed E-state index contributed by atoms with van der Waals surface area (Å²) in [7, 11) is 2.21. The molecule has 1 aliphatic heterocycles. The molecule has 0 spiro atoms. The minimum Gasteiger partial charge on any atom is -0.491 e. The molecule has 29 heavy (non-hydrogen) atoms. The average Bonchev–Trinajstić information content (AvgIpc) is 2.73. The van der Waals surface area contributed by atoms with Gasteiger partial charge in [-0.25, -0.2) is 0 Å². The quantitative estimate of drug-likeness (QED) is 0.632. The summed E-state index contributed by atoms with van der Waals surface area (Å²) in [6, 6.07) is 16.4. The Morgan fingerprint density at radius 1 is 1.10 bits per heavy atom. The predicted octanol–water partition coefficient (Wildman–Crippen LogP) is 4.10. The normalized spacial score (nSPS) is 17.6. The number of rotatable bonds is 10. The van der Waals surface area contributed by atoms with Gasteiger partial charge in [0.25, 0.3) is 0 Å². The number of ether oxygens (including phenoxy) is 1. The number of piperidine rings is 1. The van der Waals surface area contributed by atoms with Crippen molar-refractivity contribution < 1.29 is 9.84 Å². The van der Waals surface area contributed by atoms with E-state index in [1.807, 2.05) is 24.3 Å². The van der Waals surface area contributed by atoms with Crippen LogP contribution >= 0.6 is 11.6 Å². The minimum absolute atomic E-state index is 0.0442. The van der Waals surface area contributed by atoms with Gasteiger partial charge in [0.1, 0.15) is 12.4 Å². The second-order valence-corrected chi connectivity index (χ2v) is 8.53. The summed E-state index contributed by atoms with van der Waals surface area (Å²) in [6.07, 6.45) is 3.69. The van der Waals surface area contributed by atoms with Gasteiger partial charge in [0.15, 0.2) is 0 Å². The number of nitrogens with zero attached hydrogens (tertiary/aromatic N) is 2. The molecule has 158 valence electrons. The molecule has 1 N–H and O–H groups in total. The molecule has 1 unspecified atom stereocenters. The van der Waals surface area contributed by atoms with E-state index in [0.29, 0.717) is 6.61 Å². The van der Waals surface area contributed by atoms with Crippen LogP contribution in [-0.2, 0) is 13.0 Å². The maximum absolute atomic E-state index is 8.84. The summed E-state index contributed by atoms with van der Waals surface area (Å²) < 4.78 is 5.43. The highest BCUT2D eigenvalue weighted by molar-refractivity contribution is 6.30. The van der Waals surface area contributed by atoms with Gasteiger partial charge in [-0.1, -0.05) is 35.9 Å². The number of aliphatic hydroxyl groups is 1. The van der Waals surface area contributed by atoms with Gasteiger partial charge in [-0.05, 0) is 74.2 Å². The smallest absolute Gasteiger partial charge is 0.119 e. The molecule has 1 heterocycles. The Bertz CT molecular complexity index is 721. The van der Waals surface area contributed by atoms with Gasteiger partial charge in [0.2, 0.25) is 0 Å². The zero-order valence-corrected chi connectivity index (χ0v) is 18.2. The fraction of sp³-hybridized carbons (Fsp3) is 0.500. The monoisotopic (exact) mass is 416 g/mol. The second-order valence-electron chi connectivity index (χ2n) is 8.10. The summed E-state index contributed by atoms with van der Waals surface area (Å²) in [5, 5.41) is 9.64. The van der Waals surface area contributed by atoms with Crippen LogP contribution in [0.3, 0.4) is 0 Å². The molecule has 4 nitrogen and oxygen atoms in total. The molecule has 0 amide bonds. The van der Waals surface area contributed by atoms with Gasteiger partial charge >= 0.3 is 0 Å². The highest BCUT2D eigenvalue weighted by Gasteiger charge is 2.21. The molecule has 0 aliphatic carbocycles. The average molecular weight is 417 g/mol. The van der Waals surface area contributed by atoms with Crippen molar-refractivity contribution in [3.8, 4) is 5.75 Å². The lowest BCUT2D eigenvalue weighted by atomic mass is 9.97. The Labute approximate surface area is 180 Å². The molecular formula is C24H33ClN2O2. The van der Waals surface area contributed by atoms with E-state index < -0.39 is 0 Å². The third-order valence-corrected chi connectivity index (χ3v) is 5.79. The van der Waals surface area contributed by atoms with Crippen LogP contribution in [0.5, 0.6) is 5.75 Å². The van der Waals surface area contributed by atoms with Crippen LogP contribution in [0.1, 0.15) is 24.0 Å². The molecule has 0 bridgehead atoms. The molecule has 2 aromatic rings. The van der Waals surface area contributed by atoms with E-state index in [2.05, 4.69) is 41.1 Å². The van der Waals surface area contributed by atoms with Crippen molar-refractivity contribution in [1.29, 1.82) is 0 Å². The van der Waals surface area contributed by atoms with E-state index >= 15 is 0 Å². The first kappa shape index (κ1) is 22.1. The van der Waals surface area contributed by atoms with E-state index in [9.17, 15) is 0 Å². The van der Waals surface area contributed by atoms with Crippen molar-refractivity contribution in [2.75, 3.05) is 46.4 Å². The van der Waals surface area contributed by atoms with Crippen LogP contribution in [0.15, 0.2) is 48.5 Å². The molecule has 1 atom stereocenters. The molecule has 5 heteroatoms. The first-order valence-corrected chi connectivity index (χ1v) is 11.0. The van der Waals surface area contributed by atoms with Crippen LogP contribution < -0.4 is 4.74 Å². The molecular weight excluding hydrogens is 384 g/mol. The van der Waals surface area contributed by atoms with Crippen LogP contribution in [0.2, 0.25) is 5.02 Å². The Hall–Kier alpha value is -1.59. The molecule has 0 saturated carbocycles. The largest absolute Gasteiger partial charge is 0.491 e. The highest BCUT2D eigenvalue weighted by atomic mass is 35.5. The molecule has 2 aromatic carbocycles. The highest BCUT2D eigenvalue weighted by Crippen LogP contribution is 2.20. The maximum atomic E-state index is 8.84. The minimum atomic E-state index is 0.0442. The SMILES string of the molecule is CN(Cc1ccc(OCCO)cc1)CC1CCCN(CCc2ccc(Cl)cc2)C1. The number of halogens is 1. The Kier molecular flexibility index (Phi) is 8.81. The van der Waals surface area contributed by atoms with E-state index in [-0.39, 0.29) is 6.61 Å². The third kappa shape index (κ3) is 7.63. The second kappa shape index (κ2) is 11.6. The number of likely N-dealkylation sites (tertiary alicyclic amines) is 1. The molecule has 3 rings (SSSR count). The molecule has 1 fully saturated rings. The van der Waals surface area contributed by atoms with Crippen molar-refractivity contribution >= 4 is 11.6 Å². The molecule has 0 aromatic heterocycles. The zero-order chi connectivity index (χ0) is 20.5. The third-order valence-electron chi connectivity index (χ3n) is 5.54. The van der Waals surface area contributed by atoms with Crippen LogP contribution in [0.4, 0.5) is 0 Å². The fourth-order valence-corrected chi connectivity index (χ4v) is 4.24. The van der Waals surface area contributed by atoms with E-state index in [1.165, 1.54) is 37.1 Å². The standard InChI is InChI=1S/C24H33ClN2O2/c1-26(17-21-6-10-24(11-7-21)29-16-15-28)18-22-3-2-13-27(19-22)14-12-20-4-8-23(25)9-5-20/h4-11,22,28H,2-3,12-19H2,1H3. The molecule has 1 aliphatic rings. The zero-order valence-electron chi connectivity index (χ0n) is 17.4. The lowest BCUT2D eigenvalue weighted by molar-refractivity contribution is 0.142.